The van der Waals surface area contributed by atoms with E-state index in [9.17, 15) is 0 Å². The Morgan fingerprint density at radius 1 is 0.667 bits per heavy atom. The predicted molar refractivity (Wildman–Crippen MR) is 53.2 cm³/mol. The van der Waals surface area contributed by atoms with Crippen LogP contribution in [0.1, 0.15) is 52.4 Å². The first-order valence-electron chi connectivity index (χ1n) is 5.05. The van der Waals surface area contributed by atoms with Gasteiger partial charge in [0, 0.05) is 13.2 Å². The Balaban J connectivity index is 0. The minimum Gasteiger partial charge on any atom is -0.396 e. The van der Waals surface area contributed by atoms with Gasteiger partial charge in [-0.1, -0.05) is 39.5 Å². The zero-order chi connectivity index (χ0) is 9.66. The van der Waals surface area contributed by atoms with Crippen LogP contribution in [-0.2, 0) is 0 Å². The predicted octanol–water partition coefficient (Wildman–Crippen LogP) is 2.34. The highest BCUT2D eigenvalue weighted by Gasteiger charge is 1.80. The maximum Gasteiger partial charge on any atom is 0.0431 e. The van der Waals surface area contributed by atoms with Gasteiger partial charge in [-0.05, 0) is 12.8 Å². The molecule has 0 aliphatic rings. The van der Waals surface area contributed by atoms with Crippen molar-refractivity contribution in [2.24, 2.45) is 0 Å². The van der Waals surface area contributed by atoms with Crippen molar-refractivity contribution in [1.29, 1.82) is 0 Å². The Morgan fingerprint density at radius 3 is 1.42 bits per heavy atom. The second-order valence-electron chi connectivity index (χ2n) is 2.86. The van der Waals surface area contributed by atoms with Crippen molar-refractivity contribution in [1.82, 2.24) is 0 Å². The zero-order valence-corrected chi connectivity index (χ0v) is 8.55. The number of hydrogen-bond acceptors (Lipinski definition) is 2. The van der Waals surface area contributed by atoms with Crippen molar-refractivity contribution in [3.63, 3.8) is 0 Å². The molecule has 0 fully saturated rings. The highest BCUT2D eigenvalue weighted by molar-refractivity contribution is 4.35. The summed E-state index contributed by atoms with van der Waals surface area (Å²) in [6, 6.07) is 0. The lowest BCUT2D eigenvalue weighted by molar-refractivity contribution is 0.283. The van der Waals surface area contributed by atoms with E-state index in [1.165, 1.54) is 19.3 Å². The van der Waals surface area contributed by atoms with Crippen molar-refractivity contribution < 1.29 is 10.2 Å². The first-order chi connectivity index (χ1) is 5.83. The van der Waals surface area contributed by atoms with E-state index in [-0.39, 0.29) is 0 Å². The smallest absolute Gasteiger partial charge is 0.0431 e. The van der Waals surface area contributed by atoms with E-state index in [2.05, 4.69) is 13.8 Å². The summed E-state index contributed by atoms with van der Waals surface area (Å²) in [5, 5.41) is 16.4. The summed E-state index contributed by atoms with van der Waals surface area (Å²) in [7, 11) is 0. The SMILES string of the molecule is CCCCCCO.CCCCO. The van der Waals surface area contributed by atoms with Gasteiger partial charge in [-0.15, -0.1) is 0 Å². The normalized spacial score (nSPS) is 9.00. The second-order valence-corrected chi connectivity index (χ2v) is 2.86. The molecule has 0 aromatic heterocycles. The second kappa shape index (κ2) is 17.1. The summed E-state index contributed by atoms with van der Waals surface area (Å²) >= 11 is 0. The average Bonchev–Trinajstić information content (AvgIpc) is 2.08. The van der Waals surface area contributed by atoms with Gasteiger partial charge in [-0.3, -0.25) is 0 Å². The Hall–Kier alpha value is -0.0800. The summed E-state index contributed by atoms with van der Waals surface area (Å²) in [6.07, 6.45) is 6.72. The van der Waals surface area contributed by atoms with Gasteiger partial charge in [-0.25, -0.2) is 0 Å². The van der Waals surface area contributed by atoms with Crippen LogP contribution in [0.2, 0.25) is 0 Å². The molecule has 76 valence electrons. The zero-order valence-electron chi connectivity index (χ0n) is 8.55. The quantitative estimate of drug-likeness (QED) is 0.610. The summed E-state index contributed by atoms with van der Waals surface area (Å²) in [5.41, 5.74) is 0. The van der Waals surface area contributed by atoms with E-state index in [0.29, 0.717) is 13.2 Å². The minimum atomic E-state index is 0.344. The maximum atomic E-state index is 8.29. The van der Waals surface area contributed by atoms with Crippen molar-refractivity contribution in [3.05, 3.63) is 0 Å². The summed E-state index contributed by atoms with van der Waals surface area (Å²) in [4.78, 5) is 0. The molecule has 12 heavy (non-hydrogen) atoms. The van der Waals surface area contributed by atoms with Gasteiger partial charge in [0.1, 0.15) is 0 Å². The molecule has 0 bridgehead atoms. The van der Waals surface area contributed by atoms with Gasteiger partial charge >= 0.3 is 0 Å². The Bertz CT molecular complexity index is 49.8. The summed E-state index contributed by atoms with van der Waals surface area (Å²) < 4.78 is 0. The Kier molecular flexibility index (Phi) is 20.6. The fourth-order valence-corrected chi connectivity index (χ4v) is 0.697. The van der Waals surface area contributed by atoms with E-state index in [1.807, 2.05) is 0 Å². The molecule has 0 aromatic carbocycles. The van der Waals surface area contributed by atoms with Crippen molar-refractivity contribution in [2.75, 3.05) is 13.2 Å². The van der Waals surface area contributed by atoms with Crippen LogP contribution in [-0.4, -0.2) is 23.4 Å². The van der Waals surface area contributed by atoms with Gasteiger partial charge in [0.05, 0.1) is 0 Å². The van der Waals surface area contributed by atoms with Gasteiger partial charge in [0.25, 0.3) is 0 Å². The lowest BCUT2D eigenvalue weighted by atomic mass is 10.2. The van der Waals surface area contributed by atoms with Crippen LogP contribution in [0.15, 0.2) is 0 Å². The largest absolute Gasteiger partial charge is 0.396 e. The van der Waals surface area contributed by atoms with Gasteiger partial charge in [0.2, 0.25) is 0 Å². The van der Waals surface area contributed by atoms with E-state index in [4.69, 9.17) is 10.2 Å². The topological polar surface area (TPSA) is 40.5 Å². The monoisotopic (exact) mass is 176 g/mol. The molecule has 2 nitrogen and oxygen atoms in total. The van der Waals surface area contributed by atoms with Crippen LogP contribution in [0, 0.1) is 0 Å². The lowest BCUT2D eigenvalue weighted by Crippen LogP contribution is -1.80. The van der Waals surface area contributed by atoms with Crippen molar-refractivity contribution in [3.8, 4) is 0 Å². The molecular weight excluding hydrogens is 152 g/mol. The van der Waals surface area contributed by atoms with Gasteiger partial charge < -0.3 is 10.2 Å². The molecule has 0 heterocycles. The highest BCUT2D eigenvalue weighted by atomic mass is 16.3. The molecule has 0 saturated carbocycles. The van der Waals surface area contributed by atoms with Crippen molar-refractivity contribution in [2.45, 2.75) is 52.4 Å². The van der Waals surface area contributed by atoms with E-state index < -0.39 is 0 Å². The Labute approximate surface area is 76.6 Å². The Morgan fingerprint density at radius 2 is 1.17 bits per heavy atom. The van der Waals surface area contributed by atoms with Crippen LogP contribution < -0.4 is 0 Å². The first kappa shape index (κ1) is 14.4. The van der Waals surface area contributed by atoms with Gasteiger partial charge in [0.15, 0.2) is 0 Å². The number of hydrogen-bond donors (Lipinski definition) is 2. The molecule has 0 radical (unpaired) electrons. The van der Waals surface area contributed by atoms with Crippen LogP contribution in [0.3, 0.4) is 0 Å². The first-order valence-corrected chi connectivity index (χ1v) is 5.05. The molecule has 0 rings (SSSR count). The number of aliphatic hydroxyl groups excluding tert-OH is 2. The van der Waals surface area contributed by atoms with Crippen LogP contribution in [0.25, 0.3) is 0 Å². The standard InChI is InChI=1S/C6H14O.C4H10O/c1-2-3-4-5-6-7;1-2-3-4-5/h7H,2-6H2,1H3;5H,2-4H2,1H3. The number of aliphatic hydroxyl groups is 2. The van der Waals surface area contributed by atoms with Gasteiger partial charge in [-0.2, -0.15) is 0 Å². The number of unbranched alkanes of at least 4 members (excludes halogenated alkanes) is 4. The molecule has 0 aliphatic heterocycles. The van der Waals surface area contributed by atoms with E-state index in [0.717, 1.165) is 19.3 Å². The van der Waals surface area contributed by atoms with Crippen molar-refractivity contribution >= 4 is 0 Å². The molecule has 0 amide bonds. The van der Waals surface area contributed by atoms with Crippen LogP contribution >= 0.6 is 0 Å². The molecule has 0 aromatic rings. The average molecular weight is 176 g/mol. The summed E-state index contributed by atoms with van der Waals surface area (Å²) in [6.45, 7) is 4.92. The lowest BCUT2D eigenvalue weighted by Gasteiger charge is -1.90. The molecule has 0 aliphatic carbocycles. The molecule has 2 heteroatoms. The molecule has 0 saturated heterocycles. The summed E-state index contributed by atoms with van der Waals surface area (Å²) in [5.74, 6) is 0. The highest BCUT2D eigenvalue weighted by Crippen LogP contribution is 1.96. The third-order valence-corrected chi connectivity index (χ3v) is 1.52. The van der Waals surface area contributed by atoms with E-state index >= 15 is 0 Å². The maximum absolute atomic E-state index is 8.29. The fourth-order valence-electron chi connectivity index (χ4n) is 0.697. The fraction of sp³-hybridized carbons (Fsp3) is 1.00. The molecule has 0 spiro atoms. The molecule has 0 atom stereocenters. The molecule has 2 N–H and O–H groups in total. The van der Waals surface area contributed by atoms with E-state index in [1.54, 1.807) is 0 Å². The van der Waals surface area contributed by atoms with Crippen LogP contribution in [0.4, 0.5) is 0 Å². The number of rotatable bonds is 6. The third-order valence-electron chi connectivity index (χ3n) is 1.52. The van der Waals surface area contributed by atoms with Crippen LogP contribution in [0.5, 0.6) is 0 Å². The minimum absolute atomic E-state index is 0.344. The third kappa shape index (κ3) is 22.5. The molecular formula is C10H24O2. The molecule has 0 unspecified atom stereocenters.